The Balaban J connectivity index is 1.27. The number of aryl methyl sites for hydroxylation is 1. The number of phenolic OH excluding ortho intramolecular Hbond substituents is 1. The van der Waals surface area contributed by atoms with Crippen LogP contribution in [0.3, 0.4) is 0 Å². The standard InChI is InChI=1S/C43H41N3O7/c1-25-15-18-28(19-16-25)44-46-40(51)34-24-33-30(21-22-31-36(33)41(52)45(39(31)50)23-9-3-6-14-35(47)48)37(43(34,42(46)53)27-11-4-2-5-12-27)32-20-17-26-10-7-8-13-29(26)38(32)49/h2,4-5,7-8,10-13,15-21,31,33-34,36-37,44,49H,3,6,9,14,22-24H2,1H3,(H,47,48)/t31-,33+,34-,36-,37+,43+/m0/s1. The number of hydrogen-bond acceptors (Lipinski definition) is 7. The van der Waals surface area contributed by atoms with E-state index in [1.54, 1.807) is 0 Å². The number of carbonyl (C=O) groups is 5. The molecule has 0 radical (unpaired) electrons. The maximum absolute atomic E-state index is 15.4. The second kappa shape index (κ2) is 13.3. The molecule has 0 unspecified atom stereocenters. The van der Waals surface area contributed by atoms with Crippen LogP contribution in [0.25, 0.3) is 10.8 Å². The number of anilines is 1. The first kappa shape index (κ1) is 34.3. The fourth-order valence-corrected chi connectivity index (χ4v) is 9.61. The second-order valence-corrected chi connectivity index (χ2v) is 14.8. The maximum Gasteiger partial charge on any atom is 0.303 e. The van der Waals surface area contributed by atoms with E-state index in [4.69, 9.17) is 5.11 Å². The predicted octanol–water partition coefficient (Wildman–Crippen LogP) is 6.48. The van der Waals surface area contributed by atoms with Gasteiger partial charge in [0.25, 0.3) is 11.8 Å². The van der Waals surface area contributed by atoms with Crippen LogP contribution in [0, 0.1) is 30.6 Å². The number of carbonyl (C=O) groups excluding carboxylic acids is 4. The van der Waals surface area contributed by atoms with Gasteiger partial charge in [-0.2, -0.15) is 5.01 Å². The van der Waals surface area contributed by atoms with Gasteiger partial charge < -0.3 is 10.2 Å². The summed E-state index contributed by atoms with van der Waals surface area (Å²) in [6.07, 6.45) is 3.97. The van der Waals surface area contributed by atoms with E-state index in [2.05, 4.69) is 5.43 Å². The SMILES string of the molecule is Cc1ccc(NN2C(=O)[C@@H]3C[C@@H]4C(=CC[C@@H]5C(=O)N(CCCCCC(=O)O)C(=O)[C@@H]54)[C@H](c4ccc5ccccc5c4O)[C@]3(c3ccccc3)C2=O)cc1. The minimum Gasteiger partial charge on any atom is -0.507 e. The van der Waals surface area contributed by atoms with Gasteiger partial charge in [-0.25, -0.2) is 0 Å². The van der Waals surface area contributed by atoms with Crippen molar-refractivity contribution < 1.29 is 34.2 Å². The van der Waals surface area contributed by atoms with E-state index in [1.165, 1.54) is 4.90 Å². The monoisotopic (exact) mass is 711 g/mol. The van der Waals surface area contributed by atoms with E-state index in [1.807, 2.05) is 104 Å². The molecule has 4 amide bonds. The van der Waals surface area contributed by atoms with Gasteiger partial charge in [0.2, 0.25) is 11.8 Å². The van der Waals surface area contributed by atoms with E-state index in [9.17, 15) is 24.3 Å². The van der Waals surface area contributed by atoms with E-state index in [0.717, 1.165) is 21.5 Å². The molecule has 4 aromatic rings. The summed E-state index contributed by atoms with van der Waals surface area (Å²) >= 11 is 0. The summed E-state index contributed by atoms with van der Waals surface area (Å²) in [4.78, 5) is 70.7. The van der Waals surface area contributed by atoms with Gasteiger partial charge in [-0.3, -0.25) is 34.3 Å². The van der Waals surface area contributed by atoms with E-state index in [-0.39, 0.29) is 43.4 Å². The number of likely N-dealkylation sites (tertiary alicyclic amines) is 1. The smallest absolute Gasteiger partial charge is 0.303 e. The number of benzene rings is 4. The molecule has 6 atom stereocenters. The van der Waals surface area contributed by atoms with Crippen molar-refractivity contribution in [1.82, 2.24) is 9.91 Å². The average Bonchev–Trinajstić information content (AvgIpc) is 3.53. The van der Waals surface area contributed by atoms with Crippen LogP contribution in [0.2, 0.25) is 0 Å². The molecule has 0 aromatic heterocycles. The fraction of sp³-hybridized carbons (Fsp3) is 0.326. The lowest BCUT2D eigenvalue weighted by atomic mass is 9.49. The normalized spacial score (nSPS) is 26.4. The summed E-state index contributed by atoms with van der Waals surface area (Å²) in [6.45, 7) is 2.15. The van der Waals surface area contributed by atoms with Gasteiger partial charge in [0, 0.05) is 29.8 Å². The molecule has 8 rings (SSSR count). The highest BCUT2D eigenvalue weighted by Crippen LogP contribution is 2.65. The number of aliphatic carboxylic acids is 1. The first-order valence-electron chi connectivity index (χ1n) is 18.4. The first-order chi connectivity index (χ1) is 25.6. The molecule has 2 heterocycles. The van der Waals surface area contributed by atoms with Crippen molar-refractivity contribution in [3.05, 3.63) is 119 Å². The minimum atomic E-state index is -1.49. The highest BCUT2D eigenvalue weighted by atomic mass is 16.4. The van der Waals surface area contributed by atoms with Gasteiger partial charge in [-0.1, -0.05) is 102 Å². The minimum absolute atomic E-state index is 0.00725. The highest BCUT2D eigenvalue weighted by molar-refractivity contribution is 6.13. The third-order valence-electron chi connectivity index (χ3n) is 12.0. The lowest BCUT2D eigenvalue weighted by molar-refractivity contribution is -0.141. The third kappa shape index (κ3) is 5.42. The Morgan fingerprint density at radius 1 is 0.830 bits per heavy atom. The summed E-state index contributed by atoms with van der Waals surface area (Å²) in [5.41, 5.74) is 5.11. The van der Waals surface area contributed by atoms with Gasteiger partial charge in [0.05, 0.1) is 28.9 Å². The van der Waals surface area contributed by atoms with Crippen molar-refractivity contribution in [1.29, 1.82) is 0 Å². The number of nitrogens with zero attached hydrogens (tertiary/aromatic N) is 2. The molecule has 53 heavy (non-hydrogen) atoms. The molecule has 3 fully saturated rings. The molecule has 2 saturated heterocycles. The van der Waals surface area contributed by atoms with E-state index < -0.39 is 52.8 Å². The van der Waals surface area contributed by atoms with Crippen LogP contribution < -0.4 is 5.43 Å². The molecule has 0 spiro atoms. The zero-order valence-corrected chi connectivity index (χ0v) is 29.4. The number of imide groups is 2. The van der Waals surface area contributed by atoms with Gasteiger partial charge in [0.1, 0.15) is 5.75 Å². The van der Waals surface area contributed by atoms with Crippen molar-refractivity contribution in [2.45, 2.75) is 56.8 Å². The number of aromatic hydroxyl groups is 1. The third-order valence-corrected chi connectivity index (χ3v) is 12.0. The number of nitrogens with one attached hydrogen (secondary N) is 1. The number of unbranched alkanes of at least 4 members (excludes halogenated alkanes) is 2. The summed E-state index contributed by atoms with van der Waals surface area (Å²) < 4.78 is 0. The van der Waals surface area contributed by atoms with Crippen LogP contribution in [0.15, 0.2) is 103 Å². The molecule has 0 bridgehead atoms. The average molecular weight is 712 g/mol. The number of fused-ring (bicyclic) bond motifs is 5. The van der Waals surface area contributed by atoms with Crippen molar-refractivity contribution >= 4 is 46.1 Å². The number of hydrazine groups is 1. The fourth-order valence-electron chi connectivity index (χ4n) is 9.61. The van der Waals surface area contributed by atoms with Crippen molar-refractivity contribution in [3.8, 4) is 5.75 Å². The van der Waals surface area contributed by atoms with E-state index >= 15 is 4.79 Å². The first-order valence-corrected chi connectivity index (χ1v) is 18.4. The Labute approximate surface area is 307 Å². The summed E-state index contributed by atoms with van der Waals surface area (Å²) in [5, 5.41) is 23.7. The predicted molar refractivity (Wildman–Crippen MR) is 197 cm³/mol. The molecule has 4 aliphatic rings. The molecule has 2 aliphatic heterocycles. The number of hydrogen-bond donors (Lipinski definition) is 3. The molecular weight excluding hydrogens is 670 g/mol. The van der Waals surface area contributed by atoms with Crippen molar-refractivity contribution in [3.63, 3.8) is 0 Å². The van der Waals surface area contributed by atoms with Gasteiger partial charge in [0.15, 0.2) is 0 Å². The van der Waals surface area contributed by atoms with E-state index in [0.29, 0.717) is 41.5 Å². The Morgan fingerprint density at radius 2 is 1.57 bits per heavy atom. The Kier molecular flexibility index (Phi) is 8.63. The number of carboxylic acids is 1. The molecule has 270 valence electrons. The van der Waals surface area contributed by atoms with Crippen LogP contribution in [0.5, 0.6) is 5.75 Å². The summed E-state index contributed by atoms with van der Waals surface area (Å²) in [7, 11) is 0. The molecular formula is C43H41N3O7. The van der Waals surface area contributed by atoms with Crippen LogP contribution >= 0.6 is 0 Å². The number of amides is 4. The topological polar surface area (TPSA) is 144 Å². The van der Waals surface area contributed by atoms with Crippen LogP contribution in [-0.2, 0) is 29.4 Å². The van der Waals surface area contributed by atoms with Crippen molar-refractivity contribution in [2.75, 3.05) is 12.0 Å². The molecule has 2 aliphatic carbocycles. The Hall–Kier alpha value is -5.77. The zero-order chi connectivity index (χ0) is 37.0. The molecule has 3 N–H and O–H groups in total. The van der Waals surface area contributed by atoms with Crippen LogP contribution in [-0.4, -0.2) is 56.3 Å². The lowest BCUT2D eigenvalue weighted by Crippen LogP contribution is -2.53. The summed E-state index contributed by atoms with van der Waals surface area (Å²) in [5.74, 6) is -5.97. The quantitative estimate of drug-likeness (QED) is 0.0963. The Morgan fingerprint density at radius 3 is 2.32 bits per heavy atom. The summed E-state index contributed by atoms with van der Waals surface area (Å²) in [6, 6.07) is 27.9. The molecule has 4 aromatic carbocycles. The Bertz CT molecular complexity index is 2180. The zero-order valence-electron chi connectivity index (χ0n) is 29.4. The number of rotatable bonds is 10. The largest absolute Gasteiger partial charge is 0.507 e. The van der Waals surface area contributed by atoms with Crippen LogP contribution in [0.4, 0.5) is 5.69 Å². The van der Waals surface area contributed by atoms with Crippen LogP contribution in [0.1, 0.15) is 61.1 Å². The molecule has 1 saturated carbocycles. The maximum atomic E-state index is 15.4. The van der Waals surface area contributed by atoms with Gasteiger partial charge in [-0.05, 0) is 61.6 Å². The van der Waals surface area contributed by atoms with Gasteiger partial charge >= 0.3 is 5.97 Å². The number of allylic oxidation sites excluding steroid dienone is 2. The second-order valence-electron chi connectivity index (χ2n) is 14.8. The molecule has 10 nitrogen and oxygen atoms in total. The number of phenols is 1. The van der Waals surface area contributed by atoms with Crippen molar-refractivity contribution in [2.24, 2.45) is 23.7 Å². The number of carboxylic acid groups (broad SMARTS) is 1. The lowest BCUT2D eigenvalue weighted by Gasteiger charge is -2.50. The highest BCUT2D eigenvalue weighted by Gasteiger charge is 2.70. The van der Waals surface area contributed by atoms with Gasteiger partial charge in [-0.15, -0.1) is 0 Å². The molecule has 10 heteroatoms.